The SMILES string of the molecule is CC1=NCCN1C(=O)c1ccc(-c2ccccc2)cc1. The molecule has 0 spiro atoms. The molecule has 1 amide bonds. The molecule has 2 aromatic carbocycles. The minimum absolute atomic E-state index is 0.0309. The Labute approximate surface area is 118 Å². The Morgan fingerprint density at radius 1 is 1.00 bits per heavy atom. The standard InChI is InChI=1S/C17H16N2O/c1-13-18-11-12-19(13)17(20)16-9-7-15(8-10-16)14-5-3-2-4-6-14/h2-10H,11-12H2,1H3. The number of amidine groups is 1. The van der Waals surface area contributed by atoms with Crippen molar-refractivity contribution in [2.75, 3.05) is 13.1 Å². The molecule has 0 N–H and O–H groups in total. The third kappa shape index (κ3) is 2.35. The summed E-state index contributed by atoms with van der Waals surface area (Å²) in [7, 11) is 0. The van der Waals surface area contributed by atoms with Gasteiger partial charge >= 0.3 is 0 Å². The second-order valence-corrected chi connectivity index (χ2v) is 4.83. The van der Waals surface area contributed by atoms with Crippen molar-refractivity contribution in [2.24, 2.45) is 4.99 Å². The van der Waals surface area contributed by atoms with Crippen LogP contribution in [0.25, 0.3) is 11.1 Å². The minimum atomic E-state index is 0.0309. The monoisotopic (exact) mass is 264 g/mol. The highest BCUT2D eigenvalue weighted by Crippen LogP contribution is 2.20. The summed E-state index contributed by atoms with van der Waals surface area (Å²) < 4.78 is 0. The molecule has 0 bridgehead atoms. The van der Waals surface area contributed by atoms with Gasteiger partial charge in [-0.1, -0.05) is 42.5 Å². The van der Waals surface area contributed by atoms with Crippen molar-refractivity contribution in [1.82, 2.24) is 4.90 Å². The molecule has 0 fully saturated rings. The number of nitrogens with zero attached hydrogens (tertiary/aromatic N) is 2. The average Bonchev–Trinajstić information content (AvgIpc) is 2.94. The fraction of sp³-hybridized carbons (Fsp3) is 0.176. The van der Waals surface area contributed by atoms with Crippen molar-refractivity contribution < 1.29 is 4.79 Å². The number of amides is 1. The van der Waals surface area contributed by atoms with Gasteiger partial charge < -0.3 is 0 Å². The fourth-order valence-corrected chi connectivity index (χ4v) is 2.40. The van der Waals surface area contributed by atoms with Gasteiger partial charge in [0, 0.05) is 12.1 Å². The third-order valence-electron chi connectivity index (χ3n) is 3.54. The number of hydrogen-bond donors (Lipinski definition) is 0. The van der Waals surface area contributed by atoms with Gasteiger partial charge in [0.2, 0.25) is 0 Å². The van der Waals surface area contributed by atoms with Crippen LogP contribution in [-0.2, 0) is 0 Å². The molecular weight excluding hydrogens is 248 g/mol. The number of benzene rings is 2. The minimum Gasteiger partial charge on any atom is -0.295 e. The van der Waals surface area contributed by atoms with Crippen LogP contribution in [0, 0.1) is 0 Å². The second kappa shape index (κ2) is 5.29. The summed E-state index contributed by atoms with van der Waals surface area (Å²) in [6.07, 6.45) is 0. The van der Waals surface area contributed by atoms with Crippen molar-refractivity contribution >= 4 is 11.7 Å². The summed E-state index contributed by atoms with van der Waals surface area (Å²) in [4.78, 5) is 18.3. The molecule has 20 heavy (non-hydrogen) atoms. The van der Waals surface area contributed by atoms with Crippen molar-refractivity contribution in [3.63, 3.8) is 0 Å². The van der Waals surface area contributed by atoms with E-state index in [1.165, 1.54) is 0 Å². The maximum atomic E-state index is 12.4. The van der Waals surface area contributed by atoms with Crippen LogP contribution in [0.3, 0.4) is 0 Å². The zero-order valence-electron chi connectivity index (χ0n) is 11.4. The van der Waals surface area contributed by atoms with Crippen LogP contribution >= 0.6 is 0 Å². The Balaban J connectivity index is 1.83. The van der Waals surface area contributed by atoms with Gasteiger partial charge in [-0.15, -0.1) is 0 Å². The van der Waals surface area contributed by atoms with Crippen LogP contribution in [0.5, 0.6) is 0 Å². The fourth-order valence-electron chi connectivity index (χ4n) is 2.40. The Bertz CT molecular complexity index is 644. The first kappa shape index (κ1) is 12.6. The molecule has 3 heteroatoms. The molecule has 3 rings (SSSR count). The smallest absolute Gasteiger partial charge is 0.259 e. The van der Waals surface area contributed by atoms with Crippen molar-refractivity contribution in [1.29, 1.82) is 0 Å². The topological polar surface area (TPSA) is 32.7 Å². The lowest BCUT2D eigenvalue weighted by molar-refractivity contribution is 0.0857. The normalized spacial score (nSPS) is 14.2. The number of carbonyl (C=O) groups is 1. The van der Waals surface area contributed by atoms with Gasteiger partial charge in [0.05, 0.1) is 6.54 Å². The summed E-state index contributed by atoms with van der Waals surface area (Å²) in [6.45, 7) is 3.27. The molecule has 0 radical (unpaired) electrons. The summed E-state index contributed by atoms with van der Waals surface area (Å²) in [5.74, 6) is 0.838. The van der Waals surface area contributed by atoms with Gasteiger partial charge in [0.15, 0.2) is 0 Å². The highest BCUT2D eigenvalue weighted by Gasteiger charge is 2.21. The maximum absolute atomic E-state index is 12.4. The van der Waals surface area contributed by atoms with E-state index in [0.717, 1.165) is 17.0 Å². The summed E-state index contributed by atoms with van der Waals surface area (Å²) in [5.41, 5.74) is 2.99. The van der Waals surface area contributed by atoms with E-state index in [0.29, 0.717) is 18.7 Å². The lowest BCUT2D eigenvalue weighted by Crippen LogP contribution is -2.32. The van der Waals surface area contributed by atoms with E-state index in [2.05, 4.69) is 17.1 Å². The number of rotatable bonds is 2. The Kier molecular flexibility index (Phi) is 3.33. The molecule has 2 aromatic rings. The van der Waals surface area contributed by atoms with Gasteiger partial charge in [-0.25, -0.2) is 0 Å². The highest BCUT2D eigenvalue weighted by molar-refractivity contribution is 6.06. The molecule has 1 aliphatic heterocycles. The van der Waals surface area contributed by atoms with Crippen molar-refractivity contribution in [3.05, 3.63) is 60.2 Å². The van der Waals surface area contributed by atoms with E-state index in [4.69, 9.17) is 0 Å². The van der Waals surface area contributed by atoms with Gasteiger partial charge in [0.25, 0.3) is 5.91 Å². The number of carbonyl (C=O) groups excluding carboxylic acids is 1. The van der Waals surface area contributed by atoms with E-state index in [-0.39, 0.29) is 5.91 Å². The van der Waals surface area contributed by atoms with Crippen molar-refractivity contribution in [3.8, 4) is 11.1 Å². The summed E-state index contributed by atoms with van der Waals surface area (Å²) in [6, 6.07) is 17.9. The van der Waals surface area contributed by atoms with Crippen LogP contribution < -0.4 is 0 Å². The maximum Gasteiger partial charge on any atom is 0.259 e. The molecule has 0 aromatic heterocycles. The van der Waals surface area contributed by atoms with E-state index < -0.39 is 0 Å². The van der Waals surface area contributed by atoms with Crippen LogP contribution in [-0.4, -0.2) is 29.7 Å². The molecule has 0 aliphatic carbocycles. The molecule has 0 atom stereocenters. The Morgan fingerprint density at radius 3 is 2.25 bits per heavy atom. The van der Waals surface area contributed by atoms with Crippen LogP contribution in [0.2, 0.25) is 0 Å². The van der Waals surface area contributed by atoms with E-state index in [1.54, 1.807) is 4.90 Å². The molecule has 0 unspecified atom stereocenters. The lowest BCUT2D eigenvalue weighted by atomic mass is 10.0. The van der Waals surface area contributed by atoms with Crippen molar-refractivity contribution in [2.45, 2.75) is 6.92 Å². The third-order valence-corrected chi connectivity index (χ3v) is 3.54. The highest BCUT2D eigenvalue weighted by atomic mass is 16.2. The first-order valence-electron chi connectivity index (χ1n) is 6.74. The molecule has 100 valence electrons. The molecule has 0 saturated carbocycles. The Morgan fingerprint density at radius 2 is 1.65 bits per heavy atom. The predicted molar refractivity (Wildman–Crippen MR) is 80.9 cm³/mol. The average molecular weight is 264 g/mol. The summed E-state index contributed by atoms with van der Waals surface area (Å²) >= 11 is 0. The van der Waals surface area contributed by atoms with E-state index in [9.17, 15) is 4.79 Å². The van der Waals surface area contributed by atoms with E-state index in [1.807, 2.05) is 49.4 Å². The van der Waals surface area contributed by atoms with Crippen LogP contribution in [0.4, 0.5) is 0 Å². The van der Waals surface area contributed by atoms with Gasteiger partial charge in [-0.05, 0) is 30.2 Å². The molecule has 3 nitrogen and oxygen atoms in total. The largest absolute Gasteiger partial charge is 0.295 e. The molecule has 1 heterocycles. The predicted octanol–water partition coefficient (Wildman–Crippen LogP) is 3.23. The quantitative estimate of drug-likeness (QED) is 0.819. The number of aliphatic imine (C=N–C) groups is 1. The van der Waals surface area contributed by atoms with E-state index >= 15 is 0 Å². The zero-order chi connectivity index (χ0) is 13.9. The van der Waals surface area contributed by atoms with Crippen LogP contribution in [0.15, 0.2) is 59.6 Å². The summed E-state index contributed by atoms with van der Waals surface area (Å²) in [5, 5.41) is 0. The molecular formula is C17H16N2O. The van der Waals surface area contributed by atoms with Crippen LogP contribution in [0.1, 0.15) is 17.3 Å². The Hall–Kier alpha value is -2.42. The first-order valence-corrected chi connectivity index (χ1v) is 6.74. The molecule has 0 saturated heterocycles. The molecule has 1 aliphatic rings. The zero-order valence-corrected chi connectivity index (χ0v) is 11.4. The lowest BCUT2D eigenvalue weighted by Gasteiger charge is -2.16. The van der Waals surface area contributed by atoms with Gasteiger partial charge in [0.1, 0.15) is 5.84 Å². The first-order chi connectivity index (χ1) is 9.75. The second-order valence-electron chi connectivity index (χ2n) is 4.83. The number of hydrogen-bond acceptors (Lipinski definition) is 2. The van der Waals surface area contributed by atoms with Gasteiger partial charge in [-0.2, -0.15) is 0 Å². The van der Waals surface area contributed by atoms with Gasteiger partial charge in [-0.3, -0.25) is 14.7 Å².